The number of hydrogen-bond donors (Lipinski definition) is 0. The topological polar surface area (TPSA) is 68.8 Å². The summed E-state index contributed by atoms with van der Waals surface area (Å²) in [5.74, 6) is 0.866. The maximum Gasteiger partial charge on any atom is 0.277 e. The molecule has 1 saturated heterocycles. The number of likely N-dealkylation sites (tertiary alicyclic amines) is 1. The van der Waals surface area contributed by atoms with Crippen LogP contribution in [0.2, 0.25) is 0 Å². The zero-order valence-electron chi connectivity index (χ0n) is 17.1. The number of rotatable bonds is 5. The van der Waals surface area contributed by atoms with Crippen LogP contribution in [0.15, 0.2) is 35.1 Å². The minimum atomic E-state index is -0.154. The van der Waals surface area contributed by atoms with Gasteiger partial charge in [0.1, 0.15) is 11.4 Å². The van der Waals surface area contributed by atoms with Gasteiger partial charge in [-0.1, -0.05) is 12.1 Å². The average molecular weight is 394 g/mol. The summed E-state index contributed by atoms with van der Waals surface area (Å²) in [5.41, 5.74) is 3.68. The van der Waals surface area contributed by atoms with Crippen LogP contribution >= 0.6 is 0 Å². The van der Waals surface area contributed by atoms with Crippen molar-refractivity contribution in [3.8, 4) is 17.0 Å². The fourth-order valence-corrected chi connectivity index (χ4v) is 3.98. The number of amides is 1. The summed E-state index contributed by atoms with van der Waals surface area (Å²) in [5, 5.41) is 4.56. The number of carbonyl (C=O) groups is 1. The van der Waals surface area contributed by atoms with Crippen molar-refractivity contribution in [3.63, 3.8) is 0 Å². The monoisotopic (exact) mass is 394 g/mol. The predicted molar refractivity (Wildman–Crippen MR) is 111 cm³/mol. The van der Waals surface area contributed by atoms with E-state index in [2.05, 4.69) is 5.10 Å². The molecule has 1 amide bonds. The lowest BCUT2D eigenvalue weighted by Crippen LogP contribution is -2.30. The lowest BCUT2D eigenvalue weighted by molar-refractivity contribution is -0.130. The SMILES string of the molecule is COc1cccc(-c2cc3n(C)c(C)c(CCC(=O)N4CCCC4)c(=O)n3n2)c1. The van der Waals surface area contributed by atoms with Crippen molar-refractivity contribution in [2.24, 2.45) is 7.05 Å². The molecule has 29 heavy (non-hydrogen) atoms. The minimum Gasteiger partial charge on any atom is -0.497 e. The number of carbonyl (C=O) groups excluding carboxylic acids is 1. The van der Waals surface area contributed by atoms with E-state index in [1.165, 1.54) is 4.52 Å². The molecule has 152 valence electrons. The average Bonchev–Trinajstić information content (AvgIpc) is 3.42. The first-order valence-corrected chi connectivity index (χ1v) is 10.00. The van der Waals surface area contributed by atoms with Crippen LogP contribution in [0, 0.1) is 6.92 Å². The first kappa shape index (κ1) is 19.2. The van der Waals surface area contributed by atoms with E-state index in [0.29, 0.717) is 24.1 Å². The molecule has 0 bridgehead atoms. The Morgan fingerprint density at radius 3 is 2.69 bits per heavy atom. The Bertz CT molecular complexity index is 1120. The van der Waals surface area contributed by atoms with Crippen LogP contribution in [-0.2, 0) is 18.3 Å². The van der Waals surface area contributed by atoms with E-state index in [-0.39, 0.29) is 11.5 Å². The molecule has 2 aromatic heterocycles. The highest BCUT2D eigenvalue weighted by molar-refractivity contribution is 5.76. The molecule has 0 aliphatic carbocycles. The van der Waals surface area contributed by atoms with Gasteiger partial charge in [0.15, 0.2) is 0 Å². The zero-order valence-corrected chi connectivity index (χ0v) is 17.1. The van der Waals surface area contributed by atoms with Crippen LogP contribution in [0.25, 0.3) is 16.9 Å². The molecular weight excluding hydrogens is 368 g/mol. The smallest absolute Gasteiger partial charge is 0.277 e. The largest absolute Gasteiger partial charge is 0.497 e. The quantitative estimate of drug-likeness (QED) is 0.667. The van der Waals surface area contributed by atoms with Gasteiger partial charge in [-0.2, -0.15) is 9.61 Å². The van der Waals surface area contributed by atoms with Gasteiger partial charge in [0.2, 0.25) is 5.91 Å². The molecule has 0 radical (unpaired) electrons. The van der Waals surface area contributed by atoms with E-state index in [0.717, 1.165) is 48.6 Å². The van der Waals surface area contributed by atoms with E-state index in [1.54, 1.807) is 7.11 Å². The second-order valence-electron chi connectivity index (χ2n) is 7.55. The molecule has 4 rings (SSSR count). The Kier molecular flexibility index (Phi) is 5.13. The predicted octanol–water partition coefficient (Wildman–Crippen LogP) is 2.57. The number of hydrogen-bond acceptors (Lipinski definition) is 4. The molecular formula is C22H26N4O3. The molecule has 7 nitrogen and oxygen atoms in total. The van der Waals surface area contributed by atoms with Crippen LogP contribution < -0.4 is 10.3 Å². The van der Waals surface area contributed by atoms with Gasteiger partial charge in [-0.05, 0) is 38.3 Å². The maximum atomic E-state index is 13.1. The molecule has 0 saturated carbocycles. The fourth-order valence-electron chi connectivity index (χ4n) is 3.98. The van der Waals surface area contributed by atoms with Gasteiger partial charge in [0, 0.05) is 49.4 Å². The van der Waals surface area contributed by atoms with Crippen molar-refractivity contribution in [2.45, 2.75) is 32.6 Å². The Balaban J connectivity index is 1.69. The van der Waals surface area contributed by atoms with E-state index < -0.39 is 0 Å². The van der Waals surface area contributed by atoms with Gasteiger partial charge in [-0.3, -0.25) is 9.59 Å². The molecule has 0 N–H and O–H groups in total. The van der Waals surface area contributed by atoms with E-state index in [4.69, 9.17) is 4.74 Å². The second kappa shape index (κ2) is 7.73. The lowest BCUT2D eigenvalue weighted by atomic mass is 10.1. The third-order valence-corrected chi connectivity index (χ3v) is 5.84. The Labute approximate surface area is 169 Å². The number of ether oxygens (including phenoxy) is 1. The van der Waals surface area contributed by atoms with Crippen molar-refractivity contribution >= 4 is 11.6 Å². The third kappa shape index (κ3) is 3.52. The maximum absolute atomic E-state index is 13.1. The summed E-state index contributed by atoms with van der Waals surface area (Å²) < 4.78 is 8.70. The van der Waals surface area contributed by atoms with E-state index in [1.807, 2.05) is 53.8 Å². The molecule has 0 unspecified atom stereocenters. The van der Waals surface area contributed by atoms with Crippen molar-refractivity contribution < 1.29 is 9.53 Å². The van der Waals surface area contributed by atoms with Crippen molar-refractivity contribution in [1.29, 1.82) is 0 Å². The van der Waals surface area contributed by atoms with Crippen molar-refractivity contribution in [1.82, 2.24) is 19.1 Å². The first-order valence-electron chi connectivity index (χ1n) is 10.00. The normalized spacial score (nSPS) is 14.0. The van der Waals surface area contributed by atoms with Crippen LogP contribution in [-0.4, -0.2) is 45.2 Å². The van der Waals surface area contributed by atoms with Crippen molar-refractivity contribution in [3.05, 3.63) is 51.9 Å². The van der Waals surface area contributed by atoms with Crippen LogP contribution in [0.3, 0.4) is 0 Å². The molecule has 1 aliphatic rings. The standard InChI is InChI=1S/C22H26N4O3/c1-15-18(9-10-21(27)25-11-4-5-12-25)22(28)26-20(24(15)2)14-19(23-26)16-7-6-8-17(13-16)29-3/h6-8,13-14H,4-5,9-12H2,1-3H3. The highest BCUT2D eigenvalue weighted by Gasteiger charge is 2.20. The number of benzene rings is 1. The summed E-state index contributed by atoms with van der Waals surface area (Å²) in [7, 11) is 3.55. The Morgan fingerprint density at radius 2 is 1.97 bits per heavy atom. The van der Waals surface area contributed by atoms with Gasteiger partial charge in [-0.15, -0.1) is 0 Å². The van der Waals surface area contributed by atoms with Gasteiger partial charge >= 0.3 is 0 Å². The molecule has 1 aromatic carbocycles. The summed E-state index contributed by atoms with van der Waals surface area (Å²) in [6.45, 7) is 3.59. The molecule has 1 aliphatic heterocycles. The molecule has 1 fully saturated rings. The van der Waals surface area contributed by atoms with Crippen LogP contribution in [0.1, 0.15) is 30.5 Å². The number of nitrogens with zero attached hydrogens (tertiary/aromatic N) is 4. The summed E-state index contributed by atoms with van der Waals surface area (Å²) in [6.07, 6.45) is 2.92. The summed E-state index contributed by atoms with van der Waals surface area (Å²) >= 11 is 0. The van der Waals surface area contributed by atoms with E-state index in [9.17, 15) is 9.59 Å². The Morgan fingerprint density at radius 1 is 1.21 bits per heavy atom. The van der Waals surface area contributed by atoms with E-state index >= 15 is 0 Å². The summed E-state index contributed by atoms with van der Waals surface area (Å²) in [6, 6.07) is 9.52. The van der Waals surface area contributed by atoms with Crippen LogP contribution in [0.4, 0.5) is 0 Å². The van der Waals surface area contributed by atoms with Crippen molar-refractivity contribution in [2.75, 3.05) is 20.2 Å². The lowest BCUT2D eigenvalue weighted by Gasteiger charge is -2.16. The fraction of sp³-hybridized carbons (Fsp3) is 0.409. The van der Waals surface area contributed by atoms with Gasteiger partial charge < -0.3 is 14.2 Å². The zero-order chi connectivity index (χ0) is 20.5. The minimum absolute atomic E-state index is 0.126. The highest BCUT2D eigenvalue weighted by Crippen LogP contribution is 2.24. The Hall–Kier alpha value is -3.09. The first-order chi connectivity index (χ1) is 14.0. The van der Waals surface area contributed by atoms with Crippen LogP contribution in [0.5, 0.6) is 5.75 Å². The molecule has 3 aromatic rings. The number of aromatic nitrogens is 3. The van der Waals surface area contributed by atoms with Gasteiger partial charge in [0.05, 0.1) is 12.8 Å². The molecule has 0 atom stereocenters. The highest BCUT2D eigenvalue weighted by atomic mass is 16.5. The molecule has 0 spiro atoms. The summed E-state index contributed by atoms with van der Waals surface area (Å²) in [4.78, 5) is 27.5. The number of fused-ring (bicyclic) bond motifs is 1. The van der Waals surface area contributed by atoms with Gasteiger partial charge in [-0.25, -0.2) is 0 Å². The third-order valence-electron chi connectivity index (χ3n) is 5.84. The number of methoxy groups -OCH3 is 1. The second-order valence-corrected chi connectivity index (χ2v) is 7.55. The molecule has 3 heterocycles. The number of aryl methyl sites for hydroxylation is 1. The molecule has 7 heteroatoms. The van der Waals surface area contributed by atoms with Gasteiger partial charge in [0.25, 0.3) is 5.56 Å².